The van der Waals surface area contributed by atoms with Crippen LogP contribution in [0.4, 0.5) is 10.1 Å². The van der Waals surface area contributed by atoms with E-state index in [-0.39, 0.29) is 5.82 Å². The van der Waals surface area contributed by atoms with E-state index in [0.29, 0.717) is 5.69 Å². The van der Waals surface area contributed by atoms with Gasteiger partial charge < -0.3 is 0 Å². The van der Waals surface area contributed by atoms with Gasteiger partial charge in [0.1, 0.15) is 5.82 Å². The zero-order valence-corrected chi connectivity index (χ0v) is 8.92. The van der Waals surface area contributed by atoms with Crippen LogP contribution in [0.5, 0.6) is 0 Å². The van der Waals surface area contributed by atoms with E-state index in [0.717, 1.165) is 5.56 Å². The number of benzene rings is 1. The minimum Gasteiger partial charge on any atom is -0.264 e. The van der Waals surface area contributed by atoms with E-state index >= 15 is 0 Å². The number of hydrogen-bond acceptors (Lipinski definition) is 1. The first kappa shape index (κ1) is 12.6. The fraction of sp³-hybridized carbons (Fsp3) is 0.250. The number of halogens is 1. The van der Waals surface area contributed by atoms with Crippen LogP contribution in [0.25, 0.3) is 6.08 Å². The third-order valence-corrected chi connectivity index (χ3v) is 1.51. The molecule has 2 heteroatoms. The molecular weight excluding hydrogens is 177 g/mol. The zero-order chi connectivity index (χ0) is 11.0. The third kappa shape index (κ3) is 3.52. The maximum absolute atomic E-state index is 12.7. The quantitative estimate of drug-likeness (QED) is 0.624. The molecule has 0 N–H and O–H groups in total. The molecular formula is C12H16FN. The summed E-state index contributed by atoms with van der Waals surface area (Å²) in [6, 6.07) is 4.42. The number of nitrogens with zero attached hydrogens (tertiary/aromatic N) is 1. The highest BCUT2D eigenvalue weighted by Gasteiger charge is 1.97. The zero-order valence-electron chi connectivity index (χ0n) is 8.92. The second kappa shape index (κ2) is 7.01. The van der Waals surface area contributed by atoms with E-state index in [2.05, 4.69) is 11.7 Å². The van der Waals surface area contributed by atoms with Crippen LogP contribution in [0, 0.1) is 5.82 Å². The fourth-order valence-electron chi connectivity index (χ4n) is 0.982. The number of allylic oxidation sites excluding steroid dienone is 1. The summed E-state index contributed by atoms with van der Waals surface area (Å²) in [4.78, 5) is 3.76. The third-order valence-electron chi connectivity index (χ3n) is 1.51. The second-order valence-corrected chi connectivity index (χ2v) is 2.36. The molecule has 0 heterocycles. The van der Waals surface area contributed by atoms with Gasteiger partial charge in [-0.3, -0.25) is 4.99 Å². The molecule has 0 saturated heterocycles. The van der Waals surface area contributed by atoms with Crippen LogP contribution in [0.3, 0.4) is 0 Å². The average Bonchev–Trinajstić information content (AvgIpc) is 2.22. The highest BCUT2D eigenvalue weighted by molar-refractivity contribution is 5.65. The van der Waals surface area contributed by atoms with Crippen molar-refractivity contribution in [3.05, 3.63) is 35.7 Å². The van der Waals surface area contributed by atoms with Gasteiger partial charge in [-0.25, -0.2) is 4.39 Å². The van der Waals surface area contributed by atoms with Crippen molar-refractivity contribution in [2.75, 3.05) is 0 Å². The lowest BCUT2D eigenvalue weighted by molar-refractivity contribution is 0.627. The van der Waals surface area contributed by atoms with Crippen LogP contribution in [-0.4, -0.2) is 6.72 Å². The Balaban J connectivity index is 0.000000791. The number of hydrogen-bond donors (Lipinski definition) is 0. The average molecular weight is 193 g/mol. The first-order chi connectivity index (χ1) is 6.77. The molecule has 1 nitrogen and oxygen atoms in total. The lowest BCUT2D eigenvalue weighted by atomic mass is 10.1. The summed E-state index contributed by atoms with van der Waals surface area (Å²) in [7, 11) is 0. The van der Waals surface area contributed by atoms with Crippen LogP contribution < -0.4 is 0 Å². The van der Waals surface area contributed by atoms with Crippen molar-refractivity contribution in [2.24, 2.45) is 4.99 Å². The molecule has 1 aromatic rings. The number of aliphatic imine (C=N–C) groups is 1. The Morgan fingerprint density at radius 1 is 1.36 bits per heavy atom. The molecule has 0 bridgehead atoms. The normalized spacial score (nSPS) is 9.43. The van der Waals surface area contributed by atoms with E-state index in [1.165, 1.54) is 12.1 Å². The fourth-order valence-corrected chi connectivity index (χ4v) is 0.982. The molecule has 0 unspecified atom stereocenters. The highest BCUT2D eigenvalue weighted by atomic mass is 19.1. The Morgan fingerprint density at radius 2 is 2.00 bits per heavy atom. The Labute approximate surface area is 85.0 Å². The topological polar surface area (TPSA) is 12.4 Å². The summed E-state index contributed by atoms with van der Waals surface area (Å²) < 4.78 is 12.7. The molecule has 0 aliphatic rings. The molecule has 0 atom stereocenters. The Kier molecular flexibility index (Phi) is 6.29. The summed E-state index contributed by atoms with van der Waals surface area (Å²) in [5.74, 6) is -0.254. The molecule has 0 fully saturated rings. The van der Waals surface area contributed by atoms with Gasteiger partial charge in [0.2, 0.25) is 0 Å². The van der Waals surface area contributed by atoms with Crippen molar-refractivity contribution in [2.45, 2.75) is 20.8 Å². The molecule has 0 spiro atoms. The summed E-state index contributed by atoms with van der Waals surface area (Å²) in [6.45, 7) is 9.27. The molecule has 0 aromatic heterocycles. The SMILES string of the molecule is C=Nc1ccc(F)cc1/C=C\C.CC. The number of rotatable bonds is 2. The molecule has 0 amide bonds. The summed E-state index contributed by atoms with van der Waals surface area (Å²) in [6.07, 6.45) is 3.64. The van der Waals surface area contributed by atoms with Gasteiger partial charge in [0.25, 0.3) is 0 Å². The van der Waals surface area contributed by atoms with E-state index in [1.807, 2.05) is 26.8 Å². The van der Waals surface area contributed by atoms with Crippen LogP contribution in [-0.2, 0) is 0 Å². The maximum Gasteiger partial charge on any atom is 0.123 e. The van der Waals surface area contributed by atoms with E-state index < -0.39 is 0 Å². The van der Waals surface area contributed by atoms with Crippen LogP contribution >= 0.6 is 0 Å². The van der Waals surface area contributed by atoms with Gasteiger partial charge in [0, 0.05) is 5.56 Å². The largest absolute Gasteiger partial charge is 0.264 e. The van der Waals surface area contributed by atoms with Crippen LogP contribution in [0.2, 0.25) is 0 Å². The Bertz CT molecular complexity index is 316. The highest BCUT2D eigenvalue weighted by Crippen LogP contribution is 2.20. The lowest BCUT2D eigenvalue weighted by Crippen LogP contribution is -1.77. The summed E-state index contributed by atoms with van der Waals surface area (Å²) in [5.41, 5.74) is 1.46. The molecule has 0 aliphatic carbocycles. The van der Waals surface area contributed by atoms with Gasteiger partial charge in [-0.1, -0.05) is 26.0 Å². The minimum absolute atomic E-state index is 0.254. The first-order valence-electron chi connectivity index (χ1n) is 4.67. The van der Waals surface area contributed by atoms with Crippen molar-refractivity contribution in [3.8, 4) is 0 Å². The van der Waals surface area contributed by atoms with Gasteiger partial charge in [0.15, 0.2) is 0 Å². The Hall–Kier alpha value is -1.44. The van der Waals surface area contributed by atoms with Gasteiger partial charge in [-0.15, -0.1) is 0 Å². The molecule has 14 heavy (non-hydrogen) atoms. The predicted octanol–water partition coefficient (Wildman–Crippen LogP) is 4.22. The Morgan fingerprint density at radius 3 is 2.50 bits per heavy atom. The van der Waals surface area contributed by atoms with E-state index in [4.69, 9.17) is 0 Å². The van der Waals surface area contributed by atoms with Gasteiger partial charge in [-0.2, -0.15) is 0 Å². The summed E-state index contributed by atoms with van der Waals surface area (Å²) >= 11 is 0. The minimum atomic E-state index is -0.254. The molecule has 76 valence electrons. The predicted molar refractivity (Wildman–Crippen MR) is 61.7 cm³/mol. The van der Waals surface area contributed by atoms with Crippen molar-refractivity contribution < 1.29 is 4.39 Å². The van der Waals surface area contributed by atoms with Gasteiger partial charge in [-0.05, 0) is 31.8 Å². The monoisotopic (exact) mass is 193 g/mol. The van der Waals surface area contributed by atoms with Crippen molar-refractivity contribution >= 4 is 18.5 Å². The molecule has 0 aliphatic heterocycles. The maximum atomic E-state index is 12.7. The van der Waals surface area contributed by atoms with Crippen LogP contribution in [0.1, 0.15) is 26.3 Å². The second-order valence-electron chi connectivity index (χ2n) is 2.36. The molecule has 1 aromatic carbocycles. The van der Waals surface area contributed by atoms with Gasteiger partial charge >= 0.3 is 0 Å². The van der Waals surface area contributed by atoms with E-state index in [9.17, 15) is 4.39 Å². The first-order valence-corrected chi connectivity index (χ1v) is 4.67. The molecule has 0 saturated carbocycles. The van der Waals surface area contributed by atoms with Crippen molar-refractivity contribution in [1.82, 2.24) is 0 Å². The van der Waals surface area contributed by atoms with Crippen molar-refractivity contribution in [1.29, 1.82) is 0 Å². The van der Waals surface area contributed by atoms with E-state index in [1.54, 1.807) is 12.1 Å². The molecule has 1 rings (SSSR count). The van der Waals surface area contributed by atoms with Crippen LogP contribution in [0.15, 0.2) is 29.3 Å². The van der Waals surface area contributed by atoms with Gasteiger partial charge in [0.05, 0.1) is 5.69 Å². The summed E-state index contributed by atoms with van der Waals surface area (Å²) in [5, 5.41) is 0. The lowest BCUT2D eigenvalue weighted by Gasteiger charge is -1.98. The van der Waals surface area contributed by atoms with Crippen molar-refractivity contribution in [3.63, 3.8) is 0 Å². The smallest absolute Gasteiger partial charge is 0.123 e. The molecule has 0 radical (unpaired) electrons. The standard InChI is InChI=1S/C10H10FN.C2H6/c1-3-4-8-7-9(11)5-6-10(8)12-2;1-2/h3-7H,2H2,1H3;1-2H3/b4-3-;.